The molecule has 2 fully saturated rings. The van der Waals surface area contributed by atoms with Crippen LogP contribution < -0.4 is 0 Å². The van der Waals surface area contributed by atoms with Crippen molar-refractivity contribution < 1.29 is 5.11 Å². The van der Waals surface area contributed by atoms with Crippen molar-refractivity contribution in [2.75, 3.05) is 39.3 Å². The molecule has 2 aromatic rings. The topological polar surface area (TPSA) is 81.2 Å². The second kappa shape index (κ2) is 7.59. The first kappa shape index (κ1) is 16.6. The standard InChI is InChI=1S/C18H26N6O/c25-13-17-12-24(11-16(17)10-23-7-1-2-8-23)9-14-3-5-15(6-4-14)18-19-21-22-20-18/h3-6,16-17,25H,1-2,7-13H2,(H,19,20,21,22)/t16-,17-/m1/s1. The summed E-state index contributed by atoms with van der Waals surface area (Å²) in [5.74, 6) is 1.61. The van der Waals surface area contributed by atoms with Crippen molar-refractivity contribution in [3.05, 3.63) is 29.8 Å². The number of aliphatic hydroxyl groups excluding tert-OH is 1. The molecule has 2 aliphatic rings. The Morgan fingerprint density at radius 3 is 2.48 bits per heavy atom. The summed E-state index contributed by atoms with van der Waals surface area (Å²) in [7, 11) is 0. The van der Waals surface area contributed by atoms with E-state index in [2.05, 4.69) is 42.6 Å². The number of rotatable bonds is 6. The molecule has 0 saturated carbocycles. The molecule has 2 N–H and O–H groups in total. The number of likely N-dealkylation sites (tertiary alicyclic amines) is 2. The zero-order valence-corrected chi connectivity index (χ0v) is 14.5. The fourth-order valence-electron chi connectivity index (χ4n) is 4.18. The van der Waals surface area contributed by atoms with Crippen LogP contribution in [0.15, 0.2) is 24.3 Å². The minimum Gasteiger partial charge on any atom is -0.396 e. The first-order valence-corrected chi connectivity index (χ1v) is 9.20. The summed E-state index contributed by atoms with van der Waals surface area (Å²) in [5.41, 5.74) is 2.25. The highest BCUT2D eigenvalue weighted by Crippen LogP contribution is 2.27. The van der Waals surface area contributed by atoms with Gasteiger partial charge in [-0.2, -0.15) is 5.21 Å². The Balaban J connectivity index is 1.35. The first-order valence-electron chi connectivity index (χ1n) is 9.20. The highest BCUT2D eigenvalue weighted by atomic mass is 16.3. The number of hydrogen-bond acceptors (Lipinski definition) is 6. The molecule has 2 aliphatic heterocycles. The molecule has 7 nitrogen and oxygen atoms in total. The number of benzene rings is 1. The number of tetrazole rings is 1. The smallest absolute Gasteiger partial charge is 0.204 e. The quantitative estimate of drug-likeness (QED) is 0.815. The molecule has 2 atom stereocenters. The van der Waals surface area contributed by atoms with Gasteiger partial charge in [0, 0.05) is 38.3 Å². The van der Waals surface area contributed by atoms with Gasteiger partial charge in [-0.25, -0.2) is 0 Å². The average Bonchev–Trinajstić information content (AvgIpc) is 3.38. The molecule has 0 radical (unpaired) electrons. The first-order chi connectivity index (χ1) is 12.3. The summed E-state index contributed by atoms with van der Waals surface area (Å²) in [6.07, 6.45) is 2.65. The molecule has 7 heteroatoms. The molecular formula is C18H26N6O. The summed E-state index contributed by atoms with van der Waals surface area (Å²) in [5, 5.41) is 23.9. The fourth-order valence-corrected chi connectivity index (χ4v) is 4.18. The molecule has 2 saturated heterocycles. The van der Waals surface area contributed by atoms with E-state index in [4.69, 9.17) is 0 Å². The maximum absolute atomic E-state index is 9.77. The maximum Gasteiger partial charge on any atom is 0.204 e. The summed E-state index contributed by atoms with van der Waals surface area (Å²) in [4.78, 5) is 5.04. The van der Waals surface area contributed by atoms with Gasteiger partial charge in [0.1, 0.15) is 0 Å². The molecule has 3 heterocycles. The number of nitrogens with one attached hydrogen (secondary N) is 1. The predicted octanol–water partition coefficient (Wildman–Crippen LogP) is 1.00. The Morgan fingerprint density at radius 1 is 1.04 bits per heavy atom. The van der Waals surface area contributed by atoms with Gasteiger partial charge in [-0.15, -0.1) is 10.2 Å². The molecule has 0 bridgehead atoms. The van der Waals surface area contributed by atoms with Crippen LogP contribution >= 0.6 is 0 Å². The van der Waals surface area contributed by atoms with Crippen LogP contribution in [0.4, 0.5) is 0 Å². The van der Waals surface area contributed by atoms with E-state index in [0.29, 0.717) is 24.3 Å². The second-order valence-electron chi connectivity index (χ2n) is 7.34. The van der Waals surface area contributed by atoms with E-state index in [0.717, 1.165) is 31.7 Å². The molecule has 0 spiro atoms. The Bertz CT molecular complexity index is 653. The van der Waals surface area contributed by atoms with E-state index in [1.165, 1.54) is 31.5 Å². The molecule has 25 heavy (non-hydrogen) atoms. The molecule has 1 aromatic carbocycles. The monoisotopic (exact) mass is 342 g/mol. The second-order valence-corrected chi connectivity index (χ2v) is 7.34. The Labute approximate surface area is 148 Å². The van der Waals surface area contributed by atoms with Crippen LogP contribution in [-0.2, 0) is 6.54 Å². The Kier molecular flexibility index (Phi) is 5.05. The van der Waals surface area contributed by atoms with Crippen molar-refractivity contribution >= 4 is 0 Å². The lowest BCUT2D eigenvalue weighted by Crippen LogP contribution is -2.31. The maximum atomic E-state index is 9.77. The van der Waals surface area contributed by atoms with Gasteiger partial charge in [0.15, 0.2) is 0 Å². The normalized spacial score (nSPS) is 25.0. The molecule has 1 aromatic heterocycles. The van der Waals surface area contributed by atoms with Crippen LogP contribution in [0.25, 0.3) is 11.4 Å². The number of aliphatic hydroxyl groups is 1. The number of hydrogen-bond donors (Lipinski definition) is 2. The van der Waals surface area contributed by atoms with Crippen molar-refractivity contribution in [2.45, 2.75) is 19.4 Å². The van der Waals surface area contributed by atoms with Gasteiger partial charge >= 0.3 is 0 Å². The van der Waals surface area contributed by atoms with E-state index < -0.39 is 0 Å². The van der Waals surface area contributed by atoms with Crippen molar-refractivity contribution in [3.8, 4) is 11.4 Å². The van der Waals surface area contributed by atoms with E-state index in [1.54, 1.807) is 0 Å². The highest BCUT2D eigenvalue weighted by molar-refractivity contribution is 5.54. The van der Waals surface area contributed by atoms with Gasteiger partial charge in [0.05, 0.1) is 0 Å². The summed E-state index contributed by atoms with van der Waals surface area (Å²) >= 11 is 0. The largest absolute Gasteiger partial charge is 0.396 e. The summed E-state index contributed by atoms with van der Waals surface area (Å²) < 4.78 is 0. The minimum absolute atomic E-state index is 0.297. The van der Waals surface area contributed by atoms with Gasteiger partial charge in [-0.05, 0) is 48.5 Å². The summed E-state index contributed by atoms with van der Waals surface area (Å²) in [6.45, 7) is 6.89. The average molecular weight is 342 g/mol. The van der Waals surface area contributed by atoms with Crippen molar-refractivity contribution in [2.24, 2.45) is 11.8 Å². The van der Waals surface area contributed by atoms with Crippen molar-refractivity contribution in [1.82, 2.24) is 30.4 Å². The number of nitrogens with zero attached hydrogens (tertiary/aromatic N) is 5. The zero-order valence-electron chi connectivity index (χ0n) is 14.5. The molecule has 134 valence electrons. The van der Waals surface area contributed by atoms with Crippen LogP contribution in [0.3, 0.4) is 0 Å². The van der Waals surface area contributed by atoms with Crippen molar-refractivity contribution in [3.63, 3.8) is 0 Å². The van der Waals surface area contributed by atoms with Crippen LogP contribution in [0.2, 0.25) is 0 Å². The van der Waals surface area contributed by atoms with Crippen LogP contribution in [0.1, 0.15) is 18.4 Å². The van der Waals surface area contributed by atoms with E-state index >= 15 is 0 Å². The van der Waals surface area contributed by atoms with Gasteiger partial charge in [0.25, 0.3) is 0 Å². The van der Waals surface area contributed by atoms with Gasteiger partial charge < -0.3 is 10.0 Å². The minimum atomic E-state index is 0.297. The highest BCUT2D eigenvalue weighted by Gasteiger charge is 2.33. The summed E-state index contributed by atoms with van der Waals surface area (Å²) in [6, 6.07) is 8.35. The number of aromatic nitrogens is 4. The van der Waals surface area contributed by atoms with Gasteiger partial charge in [0.2, 0.25) is 5.82 Å². The fraction of sp³-hybridized carbons (Fsp3) is 0.611. The van der Waals surface area contributed by atoms with E-state index in [-0.39, 0.29) is 0 Å². The number of aromatic amines is 1. The lowest BCUT2D eigenvalue weighted by Gasteiger charge is -2.23. The SMILES string of the molecule is OC[C@H]1CN(Cc2ccc(-c3nn[nH]n3)cc2)C[C@H]1CN1CCCC1. The van der Waals surface area contributed by atoms with Gasteiger partial charge in [-0.1, -0.05) is 24.3 Å². The lowest BCUT2D eigenvalue weighted by atomic mass is 9.96. The number of H-pyrrole nitrogens is 1. The van der Waals surface area contributed by atoms with E-state index in [1.807, 2.05) is 12.1 Å². The molecule has 0 amide bonds. The Morgan fingerprint density at radius 2 is 1.80 bits per heavy atom. The van der Waals surface area contributed by atoms with Crippen LogP contribution in [0, 0.1) is 11.8 Å². The predicted molar refractivity (Wildman–Crippen MR) is 94.6 cm³/mol. The zero-order chi connectivity index (χ0) is 17.1. The third-order valence-corrected chi connectivity index (χ3v) is 5.54. The third kappa shape index (κ3) is 3.89. The lowest BCUT2D eigenvalue weighted by molar-refractivity contribution is 0.175. The molecule has 4 rings (SSSR count). The van der Waals surface area contributed by atoms with Crippen LogP contribution in [0.5, 0.6) is 0 Å². The van der Waals surface area contributed by atoms with E-state index in [9.17, 15) is 5.11 Å². The molecule has 0 unspecified atom stereocenters. The van der Waals surface area contributed by atoms with Crippen molar-refractivity contribution in [1.29, 1.82) is 0 Å². The third-order valence-electron chi connectivity index (χ3n) is 5.54. The Hall–Kier alpha value is -1.83. The van der Waals surface area contributed by atoms with Crippen LogP contribution in [-0.4, -0.2) is 74.9 Å². The van der Waals surface area contributed by atoms with Gasteiger partial charge in [-0.3, -0.25) is 4.90 Å². The molecule has 0 aliphatic carbocycles. The molecular weight excluding hydrogens is 316 g/mol.